The second-order valence-electron chi connectivity index (χ2n) is 3.10. The molecule has 1 rings (SSSR count). The number of alkyl halides is 3. The monoisotopic (exact) mass is 218 g/mol. The summed E-state index contributed by atoms with van der Waals surface area (Å²) in [5.41, 5.74) is 4.88. The van der Waals surface area contributed by atoms with Crippen LogP contribution in [0.1, 0.15) is 28.9 Å². The van der Waals surface area contributed by atoms with E-state index in [4.69, 9.17) is 5.73 Å². The van der Waals surface area contributed by atoms with Crippen molar-refractivity contribution < 1.29 is 18.0 Å². The van der Waals surface area contributed by atoms with E-state index in [1.807, 2.05) is 0 Å². The van der Waals surface area contributed by atoms with Crippen LogP contribution in [0.15, 0.2) is 18.3 Å². The van der Waals surface area contributed by atoms with Crippen molar-refractivity contribution in [2.75, 3.05) is 0 Å². The number of nitrogens with zero attached hydrogens (tertiary/aromatic N) is 1. The highest BCUT2D eigenvalue weighted by Gasteiger charge is 2.37. The van der Waals surface area contributed by atoms with Crippen LogP contribution in [0.25, 0.3) is 0 Å². The molecular formula is C9H9F3N2O. The van der Waals surface area contributed by atoms with Gasteiger partial charge in [0.1, 0.15) is 0 Å². The minimum absolute atomic E-state index is 0.0909. The SMILES string of the molecule is CC(c1ccc(C(N)=O)cn1)C(F)(F)F. The number of amides is 1. The number of hydrogen-bond acceptors (Lipinski definition) is 2. The van der Waals surface area contributed by atoms with Gasteiger partial charge in [0.05, 0.1) is 17.2 Å². The fourth-order valence-corrected chi connectivity index (χ4v) is 0.975. The Bertz CT molecular complexity index is 359. The van der Waals surface area contributed by atoms with Crippen LogP contribution in [-0.4, -0.2) is 17.1 Å². The Morgan fingerprint density at radius 3 is 2.40 bits per heavy atom. The predicted molar refractivity (Wildman–Crippen MR) is 47.2 cm³/mol. The second kappa shape index (κ2) is 3.88. The van der Waals surface area contributed by atoms with Gasteiger partial charge in [0.25, 0.3) is 0 Å². The van der Waals surface area contributed by atoms with Gasteiger partial charge in [-0.25, -0.2) is 0 Å². The van der Waals surface area contributed by atoms with E-state index in [1.165, 1.54) is 6.07 Å². The van der Waals surface area contributed by atoms with E-state index in [2.05, 4.69) is 4.98 Å². The lowest BCUT2D eigenvalue weighted by Gasteiger charge is -2.14. The maximum Gasteiger partial charge on any atom is 0.396 e. The van der Waals surface area contributed by atoms with E-state index < -0.39 is 18.0 Å². The molecule has 0 aromatic carbocycles. The lowest BCUT2D eigenvalue weighted by molar-refractivity contribution is -0.147. The smallest absolute Gasteiger partial charge is 0.366 e. The summed E-state index contributed by atoms with van der Waals surface area (Å²) in [6.07, 6.45) is -3.29. The maximum atomic E-state index is 12.3. The van der Waals surface area contributed by atoms with Gasteiger partial charge in [0.2, 0.25) is 5.91 Å². The average Bonchev–Trinajstić information content (AvgIpc) is 2.15. The quantitative estimate of drug-likeness (QED) is 0.823. The summed E-state index contributed by atoms with van der Waals surface area (Å²) in [6, 6.07) is 2.38. The number of primary amides is 1. The lowest BCUT2D eigenvalue weighted by atomic mass is 10.1. The van der Waals surface area contributed by atoms with Crippen molar-refractivity contribution in [1.82, 2.24) is 4.98 Å². The number of carbonyl (C=O) groups excluding carboxylic acids is 1. The fraction of sp³-hybridized carbons (Fsp3) is 0.333. The van der Waals surface area contributed by atoms with Crippen molar-refractivity contribution in [3.8, 4) is 0 Å². The zero-order valence-electron chi connectivity index (χ0n) is 7.88. The van der Waals surface area contributed by atoms with Gasteiger partial charge >= 0.3 is 6.18 Å². The first-order valence-electron chi connectivity index (χ1n) is 4.15. The standard InChI is InChI=1S/C9H9F3N2O/c1-5(9(10,11)12)7-3-2-6(4-14-7)8(13)15/h2-5H,1H3,(H2,13,15). The van der Waals surface area contributed by atoms with Crippen LogP contribution in [-0.2, 0) is 0 Å². The summed E-state index contributed by atoms with van der Waals surface area (Å²) < 4.78 is 36.8. The van der Waals surface area contributed by atoms with E-state index in [0.29, 0.717) is 0 Å². The van der Waals surface area contributed by atoms with Crippen LogP contribution in [0.3, 0.4) is 0 Å². The van der Waals surface area contributed by atoms with E-state index in [1.54, 1.807) is 0 Å². The molecule has 15 heavy (non-hydrogen) atoms. The first-order chi connectivity index (χ1) is 6.82. The Hall–Kier alpha value is -1.59. The summed E-state index contributed by atoms with van der Waals surface area (Å²) in [7, 11) is 0. The van der Waals surface area contributed by atoms with Gasteiger partial charge in [-0.15, -0.1) is 0 Å². The van der Waals surface area contributed by atoms with E-state index in [-0.39, 0.29) is 11.3 Å². The third-order valence-corrected chi connectivity index (χ3v) is 2.01. The van der Waals surface area contributed by atoms with Gasteiger partial charge in [-0.1, -0.05) is 0 Å². The summed E-state index contributed by atoms with van der Waals surface area (Å²) in [6.45, 7) is 1.01. The summed E-state index contributed by atoms with van der Waals surface area (Å²) in [5.74, 6) is -2.37. The number of aromatic nitrogens is 1. The Morgan fingerprint density at radius 1 is 1.47 bits per heavy atom. The molecule has 0 saturated carbocycles. The molecule has 6 heteroatoms. The third-order valence-electron chi connectivity index (χ3n) is 2.01. The van der Waals surface area contributed by atoms with E-state index in [0.717, 1.165) is 19.2 Å². The number of halogens is 3. The lowest BCUT2D eigenvalue weighted by Crippen LogP contribution is -2.19. The normalized spacial score (nSPS) is 13.6. The minimum atomic E-state index is -4.33. The van der Waals surface area contributed by atoms with Crippen molar-refractivity contribution in [3.05, 3.63) is 29.6 Å². The van der Waals surface area contributed by atoms with Gasteiger partial charge in [-0.2, -0.15) is 13.2 Å². The van der Waals surface area contributed by atoms with Gasteiger partial charge in [-0.3, -0.25) is 9.78 Å². The molecule has 2 N–H and O–H groups in total. The molecule has 0 fully saturated rings. The Morgan fingerprint density at radius 2 is 2.07 bits per heavy atom. The van der Waals surface area contributed by atoms with Crippen LogP contribution in [0.2, 0.25) is 0 Å². The fourth-order valence-electron chi connectivity index (χ4n) is 0.975. The molecule has 0 aliphatic rings. The predicted octanol–water partition coefficient (Wildman–Crippen LogP) is 1.85. The van der Waals surface area contributed by atoms with Gasteiger partial charge in [0.15, 0.2) is 0 Å². The topological polar surface area (TPSA) is 56.0 Å². The highest BCUT2D eigenvalue weighted by molar-refractivity contribution is 5.92. The molecule has 0 radical (unpaired) electrons. The molecule has 0 spiro atoms. The highest BCUT2D eigenvalue weighted by atomic mass is 19.4. The van der Waals surface area contributed by atoms with E-state index >= 15 is 0 Å². The maximum absolute atomic E-state index is 12.3. The Kier molecular flexibility index (Phi) is 2.97. The molecule has 0 saturated heterocycles. The van der Waals surface area contributed by atoms with Crippen LogP contribution in [0, 0.1) is 0 Å². The van der Waals surface area contributed by atoms with Crippen molar-refractivity contribution in [1.29, 1.82) is 0 Å². The molecule has 1 amide bonds. The first kappa shape index (κ1) is 11.5. The van der Waals surface area contributed by atoms with Gasteiger partial charge in [0, 0.05) is 6.20 Å². The van der Waals surface area contributed by atoms with Crippen LogP contribution in [0.5, 0.6) is 0 Å². The molecule has 0 aliphatic heterocycles. The number of carbonyl (C=O) groups is 1. The molecule has 1 atom stereocenters. The van der Waals surface area contributed by atoms with E-state index in [9.17, 15) is 18.0 Å². The molecule has 1 heterocycles. The molecule has 3 nitrogen and oxygen atoms in total. The van der Waals surface area contributed by atoms with Gasteiger partial charge < -0.3 is 5.73 Å². The van der Waals surface area contributed by atoms with Crippen LogP contribution < -0.4 is 5.73 Å². The molecule has 82 valence electrons. The number of nitrogens with two attached hydrogens (primary N) is 1. The zero-order valence-corrected chi connectivity index (χ0v) is 7.88. The summed E-state index contributed by atoms with van der Waals surface area (Å²) in [4.78, 5) is 14.2. The van der Waals surface area contributed by atoms with Crippen molar-refractivity contribution in [2.45, 2.75) is 19.0 Å². The zero-order chi connectivity index (χ0) is 11.6. The first-order valence-corrected chi connectivity index (χ1v) is 4.15. The molecule has 1 aromatic rings. The molecule has 1 unspecified atom stereocenters. The highest BCUT2D eigenvalue weighted by Crippen LogP contribution is 2.32. The van der Waals surface area contributed by atoms with Gasteiger partial charge in [-0.05, 0) is 19.1 Å². The minimum Gasteiger partial charge on any atom is -0.366 e. The third kappa shape index (κ3) is 2.68. The molecular weight excluding hydrogens is 209 g/mol. The summed E-state index contributed by atoms with van der Waals surface area (Å²) in [5, 5.41) is 0. The van der Waals surface area contributed by atoms with Crippen molar-refractivity contribution in [3.63, 3.8) is 0 Å². The van der Waals surface area contributed by atoms with Crippen molar-refractivity contribution >= 4 is 5.91 Å². The number of pyridine rings is 1. The average molecular weight is 218 g/mol. The second-order valence-corrected chi connectivity index (χ2v) is 3.10. The Labute approximate surface area is 84.1 Å². The molecule has 0 bridgehead atoms. The molecule has 0 aliphatic carbocycles. The molecule has 1 aromatic heterocycles. The van der Waals surface area contributed by atoms with Crippen LogP contribution >= 0.6 is 0 Å². The Balaban J connectivity index is 2.94. The summed E-state index contributed by atoms with van der Waals surface area (Å²) >= 11 is 0. The number of hydrogen-bond donors (Lipinski definition) is 1. The largest absolute Gasteiger partial charge is 0.396 e. The van der Waals surface area contributed by atoms with Crippen molar-refractivity contribution in [2.24, 2.45) is 5.73 Å². The number of rotatable bonds is 2. The van der Waals surface area contributed by atoms with Crippen LogP contribution in [0.4, 0.5) is 13.2 Å².